The van der Waals surface area contributed by atoms with Gasteiger partial charge in [-0.2, -0.15) is 0 Å². The third-order valence-electron chi connectivity index (χ3n) is 3.15. The number of carboxylic acids is 1. The zero-order chi connectivity index (χ0) is 17.6. The highest BCUT2D eigenvalue weighted by Gasteiger charge is 2.23. The maximum Gasteiger partial charge on any atom is 0.527 e. The lowest BCUT2D eigenvalue weighted by atomic mass is 10.1. The van der Waals surface area contributed by atoms with Gasteiger partial charge in [-0.25, -0.2) is 4.57 Å². The zero-order valence-corrected chi connectivity index (χ0v) is 13.6. The van der Waals surface area contributed by atoms with Gasteiger partial charge in [-0.1, -0.05) is 42.5 Å². The van der Waals surface area contributed by atoms with Gasteiger partial charge in [-0.3, -0.25) is 14.2 Å². The number of hydrogen-bond donors (Lipinski definition) is 3. The minimum Gasteiger partial charge on any atom is -0.480 e. The summed E-state index contributed by atoms with van der Waals surface area (Å²) in [5, 5.41) is 8.77. The maximum atomic E-state index is 11.9. The van der Waals surface area contributed by atoms with E-state index in [9.17, 15) is 14.3 Å². The number of hydrogen-bond acceptors (Lipinski definition) is 5. The van der Waals surface area contributed by atoms with Gasteiger partial charge in [0.05, 0.1) is 6.61 Å². The molecule has 4 N–H and O–H groups in total. The highest BCUT2D eigenvalue weighted by Crippen LogP contribution is 2.44. The van der Waals surface area contributed by atoms with Crippen LogP contribution in [0.3, 0.4) is 0 Å². The second-order valence-electron chi connectivity index (χ2n) is 5.11. The maximum absolute atomic E-state index is 11.9. The number of rotatable bonds is 8. The highest BCUT2D eigenvalue weighted by atomic mass is 31.2. The lowest BCUT2D eigenvalue weighted by Crippen LogP contribution is -2.32. The molecule has 0 bridgehead atoms. The van der Waals surface area contributed by atoms with Crippen LogP contribution in [-0.4, -0.2) is 22.0 Å². The monoisotopic (exact) mass is 351 g/mol. The van der Waals surface area contributed by atoms with Gasteiger partial charge >= 0.3 is 13.8 Å². The quantitative estimate of drug-likeness (QED) is 0.625. The molecule has 2 atom stereocenters. The van der Waals surface area contributed by atoms with Gasteiger partial charge in [0.25, 0.3) is 0 Å². The van der Waals surface area contributed by atoms with E-state index in [4.69, 9.17) is 19.9 Å². The molecular weight excluding hydrogens is 333 g/mol. The lowest BCUT2D eigenvalue weighted by molar-refractivity contribution is -0.138. The van der Waals surface area contributed by atoms with Gasteiger partial charge in [0, 0.05) is 0 Å². The summed E-state index contributed by atoms with van der Waals surface area (Å²) in [5.41, 5.74) is 6.87. The zero-order valence-electron chi connectivity index (χ0n) is 12.7. The van der Waals surface area contributed by atoms with Gasteiger partial charge in [0.1, 0.15) is 11.8 Å². The number of nitrogens with two attached hydrogens (primary N) is 1. The summed E-state index contributed by atoms with van der Waals surface area (Å²) < 4.78 is 21.8. The average molecular weight is 351 g/mol. The van der Waals surface area contributed by atoms with Crippen molar-refractivity contribution in [3.63, 3.8) is 0 Å². The Morgan fingerprint density at radius 3 is 2.29 bits per heavy atom. The largest absolute Gasteiger partial charge is 0.527 e. The fourth-order valence-corrected chi connectivity index (χ4v) is 2.67. The van der Waals surface area contributed by atoms with Crippen molar-refractivity contribution < 1.29 is 28.4 Å². The Morgan fingerprint density at radius 1 is 1.08 bits per heavy atom. The first kappa shape index (κ1) is 18.2. The number of benzene rings is 2. The van der Waals surface area contributed by atoms with Crippen molar-refractivity contribution in [2.75, 3.05) is 0 Å². The van der Waals surface area contributed by atoms with Crippen LogP contribution in [0.1, 0.15) is 11.1 Å². The van der Waals surface area contributed by atoms with Crippen molar-refractivity contribution in [1.29, 1.82) is 0 Å². The minimum atomic E-state index is -4.26. The number of aliphatic carboxylic acids is 1. The number of phosphoric acid groups is 1. The van der Waals surface area contributed by atoms with E-state index in [0.717, 1.165) is 5.56 Å². The molecule has 24 heavy (non-hydrogen) atoms. The summed E-state index contributed by atoms with van der Waals surface area (Å²) in [5.74, 6) is -0.953. The molecule has 0 amide bonds. The normalized spacial score (nSPS) is 14.6. The van der Waals surface area contributed by atoms with E-state index in [1.165, 1.54) is 12.1 Å². The Bertz CT molecular complexity index is 719. The smallest absolute Gasteiger partial charge is 0.480 e. The fraction of sp³-hybridized carbons (Fsp3) is 0.188. The summed E-state index contributed by atoms with van der Waals surface area (Å²) in [6.07, 6.45) is 0.150. The molecule has 2 aromatic rings. The van der Waals surface area contributed by atoms with Crippen molar-refractivity contribution >= 4 is 13.8 Å². The topological polar surface area (TPSA) is 119 Å². The van der Waals surface area contributed by atoms with Crippen LogP contribution in [0.5, 0.6) is 5.75 Å². The molecule has 8 heteroatoms. The third-order valence-corrected chi connectivity index (χ3v) is 4.05. The summed E-state index contributed by atoms with van der Waals surface area (Å²) in [6.45, 7) is -0.0554. The fourth-order valence-electron chi connectivity index (χ4n) is 1.92. The van der Waals surface area contributed by atoms with E-state index in [1.54, 1.807) is 36.4 Å². The standard InChI is InChI=1S/C16H18NO6P/c17-15(16(18)19)10-12-6-8-14(9-7-12)23-24(20,21)22-11-13-4-2-1-3-5-13/h1-9,15H,10-11,17H2,(H,18,19)(H,20,21)/t15-/m0/s1. The van der Waals surface area contributed by atoms with Crippen molar-refractivity contribution in [3.05, 3.63) is 65.7 Å². The van der Waals surface area contributed by atoms with E-state index in [2.05, 4.69) is 0 Å². The molecule has 0 aliphatic rings. The summed E-state index contributed by atoms with van der Waals surface area (Å²) >= 11 is 0. The van der Waals surface area contributed by atoms with Crippen molar-refractivity contribution in [1.82, 2.24) is 0 Å². The highest BCUT2D eigenvalue weighted by molar-refractivity contribution is 7.47. The van der Waals surface area contributed by atoms with Gasteiger partial charge in [-0.15, -0.1) is 0 Å². The molecule has 2 rings (SSSR count). The Labute approximate surface area is 139 Å². The van der Waals surface area contributed by atoms with Crippen molar-refractivity contribution in [3.8, 4) is 5.75 Å². The van der Waals surface area contributed by atoms with E-state index < -0.39 is 19.8 Å². The number of carboxylic acid groups (broad SMARTS) is 1. The van der Waals surface area contributed by atoms with Crippen LogP contribution in [0.15, 0.2) is 54.6 Å². The summed E-state index contributed by atoms with van der Waals surface area (Å²) in [4.78, 5) is 20.4. The molecule has 0 saturated carbocycles. The predicted octanol–water partition coefficient (Wildman–Crippen LogP) is 2.34. The van der Waals surface area contributed by atoms with Crippen LogP contribution in [0.2, 0.25) is 0 Å². The molecule has 2 aromatic carbocycles. The molecular formula is C16H18NO6P. The first-order valence-electron chi connectivity index (χ1n) is 7.14. The Hall–Kier alpha value is -2.18. The van der Waals surface area contributed by atoms with E-state index >= 15 is 0 Å². The third kappa shape index (κ3) is 5.79. The molecule has 0 spiro atoms. The first-order chi connectivity index (χ1) is 11.4. The second kappa shape index (κ2) is 8.08. The van der Waals surface area contributed by atoms with Gasteiger partial charge < -0.3 is 15.4 Å². The van der Waals surface area contributed by atoms with Crippen LogP contribution in [-0.2, 0) is 26.9 Å². The lowest BCUT2D eigenvalue weighted by Gasteiger charge is -2.13. The van der Waals surface area contributed by atoms with Crippen LogP contribution < -0.4 is 10.3 Å². The Morgan fingerprint density at radius 2 is 1.71 bits per heavy atom. The second-order valence-corrected chi connectivity index (χ2v) is 6.49. The Balaban J connectivity index is 1.92. The molecule has 0 fully saturated rings. The first-order valence-corrected chi connectivity index (χ1v) is 8.63. The number of carbonyl (C=O) groups is 1. The van der Waals surface area contributed by atoms with Gasteiger partial charge in [-0.05, 0) is 29.7 Å². The van der Waals surface area contributed by atoms with Crippen molar-refractivity contribution in [2.45, 2.75) is 19.1 Å². The van der Waals surface area contributed by atoms with Crippen molar-refractivity contribution in [2.24, 2.45) is 5.73 Å². The Kier molecular flexibility index (Phi) is 6.11. The number of phosphoric ester groups is 1. The van der Waals surface area contributed by atoms with Gasteiger partial charge in [0.2, 0.25) is 0 Å². The SMILES string of the molecule is N[C@@H](Cc1ccc(OP(=O)(O)OCc2ccccc2)cc1)C(=O)O. The van der Waals surface area contributed by atoms with Gasteiger partial charge in [0.15, 0.2) is 0 Å². The van der Waals surface area contributed by atoms with E-state index in [1.807, 2.05) is 6.07 Å². The summed E-state index contributed by atoms with van der Waals surface area (Å²) in [7, 11) is -4.26. The average Bonchev–Trinajstić information content (AvgIpc) is 2.55. The predicted molar refractivity (Wildman–Crippen MR) is 87.4 cm³/mol. The molecule has 0 heterocycles. The van der Waals surface area contributed by atoms with Crippen LogP contribution in [0.4, 0.5) is 0 Å². The summed E-state index contributed by atoms with van der Waals surface area (Å²) in [6, 6.07) is 14.0. The molecule has 0 radical (unpaired) electrons. The molecule has 1 unspecified atom stereocenters. The van der Waals surface area contributed by atoms with Crippen LogP contribution in [0, 0.1) is 0 Å². The van der Waals surface area contributed by atoms with E-state index in [0.29, 0.717) is 5.56 Å². The molecule has 0 saturated heterocycles. The van der Waals surface area contributed by atoms with E-state index in [-0.39, 0.29) is 18.8 Å². The van der Waals surface area contributed by atoms with Crippen LogP contribution in [0.25, 0.3) is 0 Å². The molecule has 128 valence electrons. The minimum absolute atomic E-state index is 0.0554. The molecule has 0 aliphatic carbocycles. The molecule has 7 nitrogen and oxygen atoms in total. The van der Waals surface area contributed by atoms with Crippen LogP contribution >= 0.6 is 7.82 Å². The molecule has 0 aliphatic heterocycles. The molecule has 0 aromatic heterocycles.